The molecule has 1 N–H and O–H groups in total. The Morgan fingerprint density at radius 3 is 2.67 bits per heavy atom. The second-order valence-corrected chi connectivity index (χ2v) is 7.80. The Morgan fingerprint density at radius 2 is 2.00 bits per heavy atom. The van der Waals surface area contributed by atoms with E-state index in [1.165, 1.54) is 13.2 Å². The number of carbonyl (C=O) groups excluding carboxylic acids is 1. The fourth-order valence-corrected chi connectivity index (χ4v) is 3.64. The van der Waals surface area contributed by atoms with Crippen molar-refractivity contribution in [2.45, 2.75) is 32.4 Å². The Hall–Kier alpha value is -3.95. The van der Waals surface area contributed by atoms with E-state index in [4.69, 9.17) is 14.0 Å². The number of methoxy groups -OCH3 is 1. The standard InChI is InChI=1S/C23H20F2N4O4/c1-12-7-17(33-28-12)13-5-6-29-16(11-26-20(29)10-13)14-8-18(31-2)21(19(9-14)32-23(24)25)22(30)27-15-3-4-15/h5-11,15,23H,3-4H2,1-2H3,(H,27,30). The monoisotopic (exact) mass is 454 g/mol. The third-order valence-corrected chi connectivity index (χ3v) is 5.36. The van der Waals surface area contributed by atoms with Crippen LogP contribution in [0.4, 0.5) is 8.78 Å². The van der Waals surface area contributed by atoms with Crippen molar-refractivity contribution < 1.29 is 27.6 Å². The van der Waals surface area contributed by atoms with E-state index in [0.29, 0.717) is 22.7 Å². The van der Waals surface area contributed by atoms with Crippen molar-refractivity contribution in [3.05, 3.63) is 54.0 Å². The molecular formula is C23H20F2N4O4. The number of amides is 1. The molecule has 1 aliphatic rings. The fraction of sp³-hybridized carbons (Fsp3) is 0.261. The zero-order valence-corrected chi connectivity index (χ0v) is 17.8. The van der Waals surface area contributed by atoms with Crippen LogP contribution < -0.4 is 14.8 Å². The highest BCUT2D eigenvalue weighted by Gasteiger charge is 2.29. The third-order valence-electron chi connectivity index (χ3n) is 5.36. The lowest BCUT2D eigenvalue weighted by Crippen LogP contribution is -2.26. The molecule has 170 valence electrons. The largest absolute Gasteiger partial charge is 0.496 e. The van der Waals surface area contributed by atoms with Gasteiger partial charge in [0.15, 0.2) is 5.76 Å². The van der Waals surface area contributed by atoms with E-state index >= 15 is 0 Å². The van der Waals surface area contributed by atoms with Gasteiger partial charge < -0.3 is 19.3 Å². The Morgan fingerprint density at radius 1 is 1.21 bits per heavy atom. The second-order valence-electron chi connectivity index (χ2n) is 7.80. The van der Waals surface area contributed by atoms with Crippen molar-refractivity contribution in [1.82, 2.24) is 19.9 Å². The number of pyridine rings is 1. The van der Waals surface area contributed by atoms with Gasteiger partial charge in [-0.2, -0.15) is 8.78 Å². The third kappa shape index (κ3) is 4.11. The number of nitrogens with zero attached hydrogens (tertiary/aromatic N) is 3. The average Bonchev–Trinajstić information content (AvgIpc) is 3.32. The summed E-state index contributed by atoms with van der Waals surface area (Å²) < 4.78 is 43.6. The maximum atomic E-state index is 13.2. The summed E-state index contributed by atoms with van der Waals surface area (Å²) in [6.45, 7) is -1.27. The van der Waals surface area contributed by atoms with E-state index in [9.17, 15) is 13.6 Å². The molecule has 1 aliphatic carbocycles. The molecular weight excluding hydrogens is 434 g/mol. The first-order valence-electron chi connectivity index (χ1n) is 10.3. The molecule has 1 amide bonds. The van der Waals surface area contributed by atoms with Gasteiger partial charge in [-0.05, 0) is 44.0 Å². The highest BCUT2D eigenvalue weighted by molar-refractivity contribution is 6.01. The summed E-state index contributed by atoms with van der Waals surface area (Å²) in [6.07, 6.45) is 5.11. The number of fused-ring (bicyclic) bond motifs is 1. The molecule has 0 aliphatic heterocycles. The van der Waals surface area contributed by atoms with Gasteiger partial charge in [0.25, 0.3) is 5.91 Å². The van der Waals surface area contributed by atoms with Crippen LogP contribution in [0.1, 0.15) is 28.9 Å². The van der Waals surface area contributed by atoms with Gasteiger partial charge in [-0.1, -0.05) is 5.16 Å². The molecule has 10 heteroatoms. The zero-order valence-electron chi connectivity index (χ0n) is 17.8. The number of aryl methyl sites for hydroxylation is 1. The quantitative estimate of drug-likeness (QED) is 0.443. The van der Waals surface area contributed by atoms with Gasteiger partial charge in [-0.15, -0.1) is 0 Å². The van der Waals surface area contributed by atoms with Crippen molar-refractivity contribution in [1.29, 1.82) is 0 Å². The van der Waals surface area contributed by atoms with E-state index in [1.807, 2.05) is 25.1 Å². The molecule has 0 bridgehead atoms. The maximum absolute atomic E-state index is 13.2. The van der Waals surface area contributed by atoms with E-state index in [1.54, 1.807) is 22.9 Å². The summed E-state index contributed by atoms with van der Waals surface area (Å²) >= 11 is 0. The minimum atomic E-state index is -3.10. The summed E-state index contributed by atoms with van der Waals surface area (Å²) in [5, 5.41) is 6.69. The number of nitrogens with one attached hydrogen (secondary N) is 1. The topological polar surface area (TPSA) is 90.9 Å². The molecule has 0 atom stereocenters. The van der Waals surface area contributed by atoms with Crippen LogP contribution in [0.5, 0.6) is 11.5 Å². The minimum Gasteiger partial charge on any atom is -0.496 e. The van der Waals surface area contributed by atoms with Crippen molar-refractivity contribution >= 4 is 11.6 Å². The first-order valence-corrected chi connectivity index (χ1v) is 10.3. The van der Waals surface area contributed by atoms with Gasteiger partial charge in [0.2, 0.25) is 0 Å². The Bertz CT molecular complexity index is 1340. The number of imidazole rings is 1. The van der Waals surface area contributed by atoms with Crippen molar-refractivity contribution in [2.24, 2.45) is 0 Å². The lowest BCUT2D eigenvalue weighted by atomic mass is 10.1. The van der Waals surface area contributed by atoms with Gasteiger partial charge in [0.05, 0.1) is 24.7 Å². The molecule has 0 spiro atoms. The van der Waals surface area contributed by atoms with Crippen LogP contribution in [-0.2, 0) is 0 Å². The van der Waals surface area contributed by atoms with Crippen LogP contribution in [-0.4, -0.2) is 40.2 Å². The van der Waals surface area contributed by atoms with E-state index in [2.05, 4.69) is 15.5 Å². The van der Waals surface area contributed by atoms with E-state index in [0.717, 1.165) is 24.1 Å². The second kappa shape index (κ2) is 8.19. The van der Waals surface area contributed by atoms with Crippen molar-refractivity contribution in [3.8, 4) is 34.1 Å². The number of rotatable bonds is 7. The summed E-state index contributed by atoms with van der Waals surface area (Å²) in [4.78, 5) is 17.1. The summed E-state index contributed by atoms with van der Waals surface area (Å²) in [7, 11) is 1.37. The summed E-state index contributed by atoms with van der Waals surface area (Å²) in [5.41, 5.74) is 3.22. The predicted molar refractivity (Wildman–Crippen MR) is 115 cm³/mol. The highest BCUT2D eigenvalue weighted by Crippen LogP contribution is 2.37. The number of halogens is 2. The van der Waals surface area contributed by atoms with Crippen molar-refractivity contribution in [2.75, 3.05) is 7.11 Å². The zero-order chi connectivity index (χ0) is 23.1. The van der Waals surface area contributed by atoms with Crippen molar-refractivity contribution in [3.63, 3.8) is 0 Å². The van der Waals surface area contributed by atoms with Crippen LogP contribution in [0.3, 0.4) is 0 Å². The SMILES string of the molecule is COc1cc(-c2cnc3cc(-c4cc(C)no4)ccn23)cc(OC(F)F)c1C(=O)NC1CC1. The molecule has 0 radical (unpaired) electrons. The minimum absolute atomic E-state index is 0.0439. The van der Waals surface area contributed by atoms with Crippen LogP contribution in [0, 0.1) is 6.92 Å². The van der Waals surface area contributed by atoms with Gasteiger partial charge in [-0.3, -0.25) is 9.20 Å². The van der Waals surface area contributed by atoms with E-state index < -0.39 is 12.5 Å². The molecule has 8 nitrogen and oxygen atoms in total. The van der Waals surface area contributed by atoms with Gasteiger partial charge in [0, 0.05) is 29.4 Å². The van der Waals surface area contributed by atoms with Gasteiger partial charge in [0.1, 0.15) is 22.7 Å². The molecule has 3 aromatic heterocycles. The van der Waals surface area contributed by atoms with Crippen LogP contribution in [0.25, 0.3) is 28.2 Å². The molecule has 0 saturated heterocycles. The molecule has 0 unspecified atom stereocenters. The molecule has 1 aromatic carbocycles. The summed E-state index contributed by atoms with van der Waals surface area (Å²) in [6, 6.07) is 8.53. The molecule has 5 rings (SSSR count). The molecule has 3 heterocycles. The Kier molecular flexibility index (Phi) is 5.20. The first kappa shape index (κ1) is 20.9. The van der Waals surface area contributed by atoms with Gasteiger partial charge in [-0.25, -0.2) is 4.98 Å². The molecule has 1 saturated carbocycles. The van der Waals surface area contributed by atoms with Gasteiger partial charge >= 0.3 is 6.61 Å². The number of benzene rings is 1. The molecule has 1 fully saturated rings. The maximum Gasteiger partial charge on any atom is 0.387 e. The average molecular weight is 454 g/mol. The number of hydrogen-bond acceptors (Lipinski definition) is 6. The first-order chi connectivity index (χ1) is 15.9. The number of alkyl halides is 2. The number of ether oxygens (including phenoxy) is 2. The smallest absolute Gasteiger partial charge is 0.387 e. The van der Waals surface area contributed by atoms with Crippen LogP contribution >= 0.6 is 0 Å². The van der Waals surface area contributed by atoms with E-state index in [-0.39, 0.29) is 23.1 Å². The van der Waals surface area contributed by atoms with Crippen LogP contribution in [0.15, 0.2) is 47.2 Å². The summed E-state index contributed by atoms with van der Waals surface area (Å²) in [5.74, 6) is -0.0345. The normalized spacial score (nSPS) is 13.5. The Balaban J connectivity index is 1.58. The molecule has 4 aromatic rings. The number of aromatic nitrogens is 3. The fourth-order valence-electron chi connectivity index (χ4n) is 3.64. The highest BCUT2D eigenvalue weighted by atomic mass is 19.3. The number of hydrogen-bond donors (Lipinski definition) is 1. The Labute approximate surface area is 187 Å². The lowest BCUT2D eigenvalue weighted by Gasteiger charge is -2.16. The molecule has 33 heavy (non-hydrogen) atoms. The number of carbonyl (C=O) groups is 1. The van der Waals surface area contributed by atoms with Crippen LogP contribution in [0.2, 0.25) is 0 Å². The lowest BCUT2D eigenvalue weighted by molar-refractivity contribution is -0.0502. The predicted octanol–water partition coefficient (Wildman–Crippen LogP) is 4.47.